The fraction of sp³-hybridized carbons (Fsp3) is 0.526. The molecule has 0 bridgehead atoms. The van der Waals surface area contributed by atoms with E-state index in [1.807, 2.05) is 58.9 Å². The predicted molar refractivity (Wildman–Crippen MR) is 98.8 cm³/mol. The molecule has 0 radical (unpaired) electrons. The third-order valence-electron chi connectivity index (χ3n) is 4.01. The van der Waals surface area contributed by atoms with E-state index >= 15 is 0 Å². The monoisotopic (exact) mass is 363 g/mol. The van der Waals surface area contributed by atoms with Crippen LogP contribution < -0.4 is 5.32 Å². The Bertz CT molecular complexity index is 715. The number of hydrogen-bond acceptors (Lipinski definition) is 4. The maximum atomic E-state index is 12.3. The van der Waals surface area contributed by atoms with Crippen molar-refractivity contribution >= 4 is 17.5 Å². The number of benzene rings is 1. The smallest absolute Gasteiger partial charge is 0.232 e. The van der Waals surface area contributed by atoms with Gasteiger partial charge in [0.2, 0.25) is 11.8 Å². The van der Waals surface area contributed by atoms with Gasteiger partial charge in [-0.3, -0.25) is 4.79 Å². The molecule has 0 spiro atoms. The first-order valence-electron chi connectivity index (χ1n) is 8.44. The molecule has 2 aromatic rings. The average Bonchev–Trinajstić information content (AvgIpc) is 2.96. The molecule has 0 fully saturated rings. The second-order valence-corrected chi connectivity index (χ2v) is 8.37. The lowest BCUT2D eigenvalue weighted by atomic mass is 9.81. The second kappa shape index (κ2) is 7.56. The van der Waals surface area contributed by atoms with Crippen molar-refractivity contribution in [2.24, 2.45) is 0 Å². The minimum Gasteiger partial charge on any atom is -0.356 e. The molecule has 0 unspecified atom stereocenters. The number of carbonyl (C=O) groups is 1. The van der Waals surface area contributed by atoms with Crippen molar-refractivity contribution in [2.75, 3.05) is 6.54 Å². The Morgan fingerprint density at radius 2 is 1.80 bits per heavy atom. The number of amides is 1. The van der Waals surface area contributed by atoms with Gasteiger partial charge in [0.25, 0.3) is 0 Å². The Kier molecular flexibility index (Phi) is 5.88. The summed E-state index contributed by atoms with van der Waals surface area (Å²) in [5.41, 5.74) is 0.650. The Morgan fingerprint density at radius 3 is 2.36 bits per heavy atom. The zero-order valence-corrected chi connectivity index (χ0v) is 16.3. The van der Waals surface area contributed by atoms with E-state index in [2.05, 4.69) is 15.5 Å². The van der Waals surface area contributed by atoms with Gasteiger partial charge in [0.15, 0.2) is 5.82 Å². The highest BCUT2D eigenvalue weighted by atomic mass is 35.5. The number of halogens is 1. The Balaban J connectivity index is 1.84. The molecule has 2 rings (SSSR count). The van der Waals surface area contributed by atoms with Gasteiger partial charge in [-0.15, -0.1) is 0 Å². The van der Waals surface area contributed by atoms with Crippen LogP contribution in [-0.2, 0) is 22.0 Å². The van der Waals surface area contributed by atoms with Crippen LogP contribution in [0.3, 0.4) is 0 Å². The molecule has 1 N–H and O–H groups in total. The molecule has 0 aliphatic carbocycles. The number of nitrogens with one attached hydrogen (secondary N) is 1. The molecule has 6 heteroatoms. The fourth-order valence-corrected chi connectivity index (χ4v) is 2.57. The maximum absolute atomic E-state index is 12.3. The third kappa shape index (κ3) is 5.56. The fourth-order valence-electron chi connectivity index (χ4n) is 2.44. The van der Waals surface area contributed by atoms with E-state index in [0.717, 1.165) is 5.56 Å². The minimum absolute atomic E-state index is 0.000472. The molecule has 136 valence electrons. The van der Waals surface area contributed by atoms with Crippen LogP contribution >= 0.6 is 11.6 Å². The van der Waals surface area contributed by atoms with E-state index < -0.39 is 0 Å². The predicted octanol–water partition coefficient (Wildman–Crippen LogP) is 4.05. The van der Waals surface area contributed by atoms with Crippen molar-refractivity contribution in [2.45, 2.75) is 58.3 Å². The first-order valence-corrected chi connectivity index (χ1v) is 8.81. The van der Waals surface area contributed by atoms with E-state index in [1.54, 1.807) is 0 Å². The topological polar surface area (TPSA) is 68.0 Å². The van der Waals surface area contributed by atoms with Crippen LogP contribution in [0.15, 0.2) is 28.8 Å². The summed E-state index contributed by atoms with van der Waals surface area (Å²) in [6, 6.07) is 7.62. The zero-order chi connectivity index (χ0) is 18.7. The summed E-state index contributed by atoms with van der Waals surface area (Å²) in [7, 11) is 0. The SMILES string of the molecule is CC(C)(C)c1nc(CCNC(=O)CC(C)(C)c2ccc(Cl)cc2)no1. The molecule has 1 aromatic heterocycles. The lowest BCUT2D eigenvalue weighted by Gasteiger charge is -2.24. The van der Waals surface area contributed by atoms with E-state index in [4.69, 9.17) is 16.1 Å². The van der Waals surface area contributed by atoms with Crippen molar-refractivity contribution in [3.8, 4) is 0 Å². The minimum atomic E-state index is -0.264. The van der Waals surface area contributed by atoms with Crippen molar-refractivity contribution in [3.63, 3.8) is 0 Å². The van der Waals surface area contributed by atoms with Crippen LogP contribution in [-0.4, -0.2) is 22.6 Å². The third-order valence-corrected chi connectivity index (χ3v) is 4.26. The van der Waals surface area contributed by atoms with Crippen LogP contribution in [0.4, 0.5) is 0 Å². The van der Waals surface area contributed by atoms with E-state index in [1.165, 1.54) is 0 Å². The highest BCUT2D eigenvalue weighted by Crippen LogP contribution is 2.28. The van der Waals surface area contributed by atoms with Crippen LogP contribution in [0.2, 0.25) is 5.02 Å². The van der Waals surface area contributed by atoms with Gasteiger partial charge in [0, 0.05) is 29.8 Å². The molecule has 0 aliphatic heterocycles. The number of rotatable bonds is 6. The number of nitrogens with zero attached hydrogens (tertiary/aromatic N) is 2. The Hall–Kier alpha value is -1.88. The molecule has 0 saturated heterocycles. The Morgan fingerprint density at radius 1 is 1.16 bits per heavy atom. The van der Waals surface area contributed by atoms with Gasteiger partial charge in [0.1, 0.15) is 0 Å². The van der Waals surface area contributed by atoms with Crippen molar-refractivity contribution in [3.05, 3.63) is 46.6 Å². The molecule has 1 aromatic carbocycles. The summed E-state index contributed by atoms with van der Waals surface area (Å²) in [5, 5.41) is 7.58. The lowest BCUT2D eigenvalue weighted by Crippen LogP contribution is -2.32. The summed E-state index contributed by atoms with van der Waals surface area (Å²) >= 11 is 5.93. The highest BCUT2D eigenvalue weighted by Gasteiger charge is 2.24. The number of carbonyl (C=O) groups excluding carboxylic acids is 1. The largest absolute Gasteiger partial charge is 0.356 e. The van der Waals surface area contributed by atoms with Crippen molar-refractivity contribution in [1.82, 2.24) is 15.5 Å². The van der Waals surface area contributed by atoms with E-state index in [0.29, 0.717) is 36.1 Å². The van der Waals surface area contributed by atoms with Crippen molar-refractivity contribution < 1.29 is 9.32 Å². The molecule has 1 amide bonds. The van der Waals surface area contributed by atoms with E-state index in [9.17, 15) is 4.79 Å². The first-order chi connectivity index (χ1) is 11.6. The first kappa shape index (κ1) is 19.4. The average molecular weight is 364 g/mol. The van der Waals surface area contributed by atoms with Gasteiger partial charge in [-0.25, -0.2) is 0 Å². The maximum Gasteiger partial charge on any atom is 0.232 e. The van der Waals surface area contributed by atoms with Crippen molar-refractivity contribution in [1.29, 1.82) is 0 Å². The quantitative estimate of drug-likeness (QED) is 0.840. The van der Waals surface area contributed by atoms with Gasteiger partial charge in [0.05, 0.1) is 0 Å². The molecular weight excluding hydrogens is 338 g/mol. The summed E-state index contributed by atoms with van der Waals surface area (Å²) in [4.78, 5) is 16.6. The molecular formula is C19H26ClN3O2. The highest BCUT2D eigenvalue weighted by molar-refractivity contribution is 6.30. The standard InChI is InChI=1S/C19H26ClN3O2/c1-18(2,3)17-22-15(23-25-17)10-11-21-16(24)12-19(4,5)13-6-8-14(20)9-7-13/h6-9H,10-12H2,1-5H3,(H,21,24). The number of hydrogen-bond donors (Lipinski definition) is 1. The molecule has 1 heterocycles. The van der Waals surface area contributed by atoms with Crippen LogP contribution in [0.25, 0.3) is 0 Å². The van der Waals surface area contributed by atoms with Crippen LogP contribution in [0.1, 0.15) is 58.3 Å². The molecule has 0 aliphatic rings. The lowest BCUT2D eigenvalue weighted by molar-refractivity contribution is -0.122. The van der Waals surface area contributed by atoms with Gasteiger partial charge in [-0.05, 0) is 23.1 Å². The molecule has 5 nitrogen and oxygen atoms in total. The summed E-state index contributed by atoms with van der Waals surface area (Å²) in [6.45, 7) is 10.6. The van der Waals surface area contributed by atoms with Gasteiger partial charge >= 0.3 is 0 Å². The summed E-state index contributed by atoms with van der Waals surface area (Å²) in [5.74, 6) is 1.22. The summed E-state index contributed by atoms with van der Waals surface area (Å²) in [6.07, 6.45) is 0.945. The molecule has 25 heavy (non-hydrogen) atoms. The zero-order valence-electron chi connectivity index (χ0n) is 15.5. The van der Waals surface area contributed by atoms with Crippen LogP contribution in [0, 0.1) is 0 Å². The normalized spacial score (nSPS) is 12.2. The van der Waals surface area contributed by atoms with Gasteiger partial charge < -0.3 is 9.84 Å². The van der Waals surface area contributed by atoms with E-state index in [-0.39, 0.29) is 16.7 Å². The summed E-state index contributed by atoms with van der Waals surface area (Å²) < 4.78 is 5.25. The Labute approximate surface area is 154 Å². The number of aromatic nitrogens is 2. The van der Waals surface area contributed by atoms with Crippen LogP contribution in [0.5, 0.6) is 0 Å². The van der Waals surface area contributed by atoms with Gasteiger partial charge in [-0.2, -0.15) is 4.98 Å². The second-order valence-electron chi connectivity index (χ2n) is 7.93. The molecule has 0 saturated carbocycles. The molecule has 0 atom stereocenters. The van der Waals surface area contributed by atoms with Gasteiger partial charge in [-0.1, -0.05) is 63.5 Å².